The van der Waals surface area contributed by atoms with Crippen LogP contribution in [0.25, 0.3) is 0 Å². The molecule has 1 fully saturated rings. The van der Waals surface area contributed by atoms with Gasteiger partial charge in [-0.1, -0.05) is 13.8 Å². The Balaban J connectivity index is 2.12. The van der Waals surface area contributed by atoms with Gasteiger partial charge in [0.1, 0.15) is 6.04 Å². The highest BCUT2D eigenvalue weighted by Crippen LogP contribution is 2.24. The van der Waals surface area contributed by atoms with E-state index in [9.17, 15) is 18.3 Å². The molecule has 1 N–H and O–H groups in total. The second kappa shape index (κ2) is 5.79. The van der Waals surface area contributed by atoms with Crippen molar-refractivity contribution < 1.29 is 18.3 Å². The highest BCUT2D eigenvalue weighted by molar-refractivity contribution is 7.91. The van der Waals surface area contributed by atoms with E-state index in [1.165, 1.54) is 0 Å². The van der Waals surface area contributed by atoms with Crippen molar-refractivity contribution in [1.29, 1.82) is 0 Å². The monoisotopic (exact) mass is 318 g/mol. The molecule has 1 unspecified atom stereocenters. The summed E-state index contributed by atoms with van der Waals surface area (Å²) in [5.41, 5.74) is 0. The lowest BCUT2D eigenvalue weighted by Crippen LogP contribution is -2.51. The SMILES string of the molecule is CC(C)c1ncc(CN2CCS(=O)(=O)CC2C(=O)O)s1. The number of hydrogen-bond acceptors (Lipinski definition) is 6. The first-order chi connectivity index (χ1) is 9.28. The van der Waals surface area contributed by atoms with E-state index in [4.69, 9.17) is 0 Å². The Kier molecular flexibility index (Phi) is 4.46. The van der Waals surface area contributed by atoms with Gasteiger partial charge in [-0.15, -0.1) is 11.3 Å². The number of sulfone groups is 1. The Morgan fingerprint density at radius 1 is 1.60 bits per heavy atom. The molecule has 112 valence electrons. The van der Waals surface area contributed by atoms with Crippen molar-refractivity contribution in [3.05, 3.63) is 16.1 Å². The lowest BCUT2D eigenvalue weighted by molar-refractivity contribution is -0.142. The van der Waals surface area contributed by atoms with Crippen molar-refractivity contribution in [3.8, 4) is 0 Å². The van der Waals surface area contributed by atoms with Gasteiger partial charge in [-0.25, -0.2) is 13.4 Å². The smallest absolute Gasteiger partial charge is 0.321 e. The number of carboxylic acid groups (broad SMARTS) is 1. The number of carboxylic acids is 1. The number of rotatable bonds is 4. The topological polar surface area (TPSA) is 87.6 Å². The summed E-state index contributed by atoms with van der Waals surface area (Å²) in [5, 5.41) is 10.2. The average Bonchev–Trinajstić information content (AvgIpc) is 2.79. The van der Waals surface area contributed by atoms with Gasteiger partial charge in [0, 0.05) is 30.1 Å². The Hall–Kier alpha value is -0.990. The van der Waals surface area contributed by atoms with Crippen LogP contribution < -0.4 is 0 Å². The summed E-state index contributed by atoms with van der Waals surface area (Å²) in [6.07, 6.45) is 1.75. The molecule has 1 aromatic heterocycles. The van der Waals surface area contributed by atoms with Crippen molar-refractivity contribution in [2.45, 2.75) is 32.4 Å². The summed E-state index contributed by atoms with van der Waals surface area (Å²) in [6.45, 7) is 4.80. The number of hydrogen-bond donors (Lipinski definition) is 1. The normalized spacial score (nSPS) is 23.1. The van der Waals surface area contributed by atoms with E-state index in [0.717, 1.165) is 9.88 Å². The van der Waals surface area contributed by atoms with Crippen molar-refractivity contribution in [2.24, 2.45) is 0 Å². The molecule has 0 spiro atoms. The minimum absolute atomic E-state index is 0.0205. The number of thiazole rings is 1. The van der Waals surface area contributed by atoms with E-state index in [1.54, 1.807) is 22.4 Å². The Morgan fingerprint density at radius 2 is 2.30 bits per heavy atom. The third-order valence-corrected chi connectivity index (χ3v) is 6.16. The van der Waals surface area contributed by atoms with Crippen LogP contribution in [0.3, 0.4) is 0 Å². The molecule has 0 aromatic carbocycles. The molecule has 8 heteroatoms. The molecule has 1 atom stereocenters. The van der Waals surface area contributed by atoms with E-state index in [-0.39, 0.29) is 18.1 Å². The summed E-state index contributed by atoms with van der Waals surface area (Å²) in [4.78, 5) is 18.2. The highest BCUT2D eigenvalue weighted by atomic mass is 32.2. The zero-order chi connectivity index (χ0) is 14.9. The average molecular weight is 318 g/mol. The van der Waals surface area contributed by atoms with E-state index in [2.05, 4.69) is 18.8 Å². The van der Waals surface area contributed by atoms with Crippen molar-refractivity contribution >= 4 is 27.1 Å². The minimum Gasteiger partial charge on any atom is -0.480 e. The molecule has 0 amide bonds. The van der Waals surface area contributed by atoms with Crippen LogP contribution in [0.2, 0.25) is 0 Å². The largest absolute Gasteiger partial charge is 0.480 e. The van der Waals surface area contributed by atoms with Crippen LogP contribution >= 0.6 is 11.3 Å². The molecule has 1 saturated heterocycles. The van der Waals surface area contributed by atoms with Crippen LogP contribution in [0.15, 0.2) is 6.20 Å². The van der Waals surface area contributed by atoms with Crippen molar-refractivity contribution in [3.63, 3.8) is 0 Å². The van der Waals surface area contributed by atoms with Crippen LogP contribution in [0.4, 0.5) is 0 Å². The van der Waals surface area contributed by atoms with Crippen LogP contribution in [0.5, 0.6) is 0 Å². The molecule has 0 saturated carbocycles. The van der Waals surface area contributed by atoms with Crippen molar-refractivity contribution in [1.82, 2.24) is 9.88 Å². The van der Waals surface area contributed by atoms with Gasteiger partial charge in [0.2, 0.25) is 0 Å². The molecule has 0 radical (unpaired) electrons. The first-order valence-corrected chi connectivity index (χ1v) is 9.04. The van der Waals surface area contributed by atoms with E-state index < -0.39 is 21.8 Å². The summed E-state index contributed by atoms with van der Waals surface area (Å²) in [6, 6.07) is -0.960. The van der Waals surface area contributed by atoms with Crippen LogP contribution in [0, 0.1) is 0 Å². The maximum Gasteiger partial charge on any atom is 0.321 e. The van der Waals surface area contributed by atoms with Gasteiger partial charge >= 0.3 is 5.97 Å². The number of nitrogens with zero attached hydrogens (tertiary/aromatic N) is 2. The van der Waals surface area contributed by atoms with E-state index in [0.29, 0.717) is 12.5 Å². The number of aliphatic carboxylic acids is 1. The Morgan fingerprint density at radius 3 is 2.85 bits per heavy atom. The van der Waals surface area contributed by atoms with Crippen LogP contribution in [-0.2, 0) is 21.2 Å². The van der Waals surface area contributed by atoms with Crippen molar-refractivity contribution in [2.75, 3.05) is 18.1 Å². The van der Waals surface area contributed by atoms with Gasteiger partial charge < -0.3 is 5.11 Å². The quantitative estimate of drug-likeness (QED) is 0.889. The van der Waals surface area contributed by atoms with Gasteiger partial charge in [0.15, 0.2) is 9.84 Å². The molecular formula is C12H18N2O4S2. The lowest BCUT2D eigenvalue weighted by Gasteiger charge is -2.32. The first kappa shape index (κ1) is 15.4. The van der Waals surface area contributed by atoms with Gasteiger partial charge in [0.25, 0.3) is 0 Å². The first-order valence-electron chi connectivity index (χ1n) is 6.40. The molecule has 1 aromatic rings. The predicted molar refractivity (Wildman–Crippen MR) is 76.7 cm³/mol. The zero-order valence-electron chi connectivity index (χ0n) is 11.4. The van der Waals surface area contributed by atoms with Gasteiger partial charge in [0.05, 0.1) is 16.5 Å². The molecule has 1 aliphatic rings. The minimum atomic E-state index is -3.25. The van der Waals surface area contributed by atoms with Gasteiger partial charge in [-0.2, -0.15) is 0 Å². The maximum atomic E-state index is 11.6. The molecule has 0 bridgehead atoms. The molecule has 2 rings (SSSR count). The molecule has 0 aliphatic carbocycles. The predicted octanol–water partition coefficient (Wildman–Crippen LogP) is 0.950. The molecular weight excluding hydrogens is 300 g/mol. The molecule has 6 nitrogen and oxygen atoms in total. The summed E-state index contributed by atoms with van der Waals surface area (Å²) in [5.74, 6) is -1.03. The standard InChI is InChI=1S/C12H18N2O4S2/c1-8(2)11-13-5-9(19-11)6-14-3-4-20(17,18)7-10(14)12(15)16/h5,8,10H,3-4,6-7H2,1-2H3,(H,15,16). The second-order valence-corrected chi connectivity index (χ2v) is 8.63. The zero-order valence-corrected chi connectivity index (χ0v) is 13.1. The number of carbonyl (C=O) groups is 1. The van der Waals surface area contributed by atoms with E-state index >= 15 is 0 Å². The third-order valence-electron chi connectivity index (χ3n) is 3.25. The maximum absolute atomic E-state index is 11.6. The lowest BCUT2D eigenvalue weighted by atomic mass is 10.2. The number of aromatic nitrogens is 1. The third kappa shape index (κ3) is 3.56. The molecule has 20 heavy (non-hydrogen) atoms. The fraction of sp³-hybridized carbons (Fsp3) is 0.667. The fourth-order valence-corrected chi connectivity index (χ4v) is 4.58. The summed E-state index contributed by atoms with van der Waals surface area (Å²) < 4.78 is 23.1. The fourth-order valence-electron chi connectivity index (χ4n) is 2.12. The van der Waals surface area contributed by atoms with Gasteiger partial charge in [-0.05, 0) is 0 Å². The highest BCUT2D eigenvalue weighted by Gasteiger charge is 2.36. The van der Waals surface area contributed by atoms with Gasteiger partial charge in [-0.3, -0.25) is 9.69 Å². The molecule has 1 aliphatic heterocycles. The van der Waals surface area contributed by atoms with E-state index in [1.807, 2.05) is 0 Å². The molecule has 2 heterocycles. The summed E-state index contributed by atoms with van der Waals surface area (Å²) >= 11 is 1.55. The Labute approximate surface area is 122 Å². The Bertz CT molecular complexity index is 594. The van der Waals surface area contributed by atoms with Crippen LogP contribution in [-0.4, -0.2) is 53.5 Å². The second-order valence-electron chi connectivity index (χ2n) is 5.26. The summed E-state index contributed by atoms with van der Waals surface area (Å²) in [7, 11) is -3.25. The van der Waals surface area contributed by atoms with Crippen LogP contribution in [0.1, 0.15) is 29.7 Å².